The number of carbonyl (C=O) groups is 1. The van der Waals surface area contributed by atoms with E-state index in [0.29, 0.717) is 0 Å². The van der Waals surface area contributed by atoms with Crippen LogP contribution in [-0.2, 0) is 9.53 Å². The molecule has 0 aliphatic carbocycles. The molecule has 0 saturated carbocycles. The number of ketones is 1. The number of unbranched alkanes of at least 4 members (excludes halogenated alkanes) is 5. The minimum Gasteiger partial charge on any atom is -0.373 e. The number of rotatable bonds is 11. The highest BCUT2D eigenvalue weighted by Crippen LogP contribution is 2.02. The third-order valence-electron chi connectivity index (χ3n) is 2.40. The Labute approximate surface area is 100 Å². The Bertz CT molecular complexity index is 185. The number of hydrogen-bond donors (Lipinski definition) is 0. The molecule has 0 atom stereocenters. The lowest BCUT2D eigenvalue weighted by Gasteiger charge is -2.01. The van der Waals surface area contributed by atoms with Crippen LogP contribution in [0.15, 0.2) is 12.2 Å². The van der Waals surface area contributed by atoms with Crippen LogP contribution in [0.4, 0.5) is 0 Å². The van der Waals surface area contributed by atoms with Crippen molar-refractivity contribution in [1.82, 2.24) is 0 Å². The Morgan fingerprint density at radius 2 is 1.81 bits per heavy atom. The van der Waals surface area contributed by atoms with Crippen molar-refractivity contribution in [2.45, 2.75) is 58.8 Å². The number of hydrogen-bond acceptors (Lipinski definition) is 2. The molecule has 0 unspecified atom stereocenters. The highest BCUT2D eigenvalue weighted by molar-refractivity contribution is 5.90. The number of carbonyl (C=O) groups excluding carboxylic acids is 1. The molecule has 0 fully saturated rings. The third kappa shape index (κ3) is 11.4. The summed E-state index contributed by atoms with van der Waals surface area (Å²) in [5.74, 6) is 0.0852. The molecule has 0 amide bonds. The van der Waals surface area contributed by atoms with Crippen LogP contribution in [0.3, 0.4) is 0 Å². The zero-order valence-corrected chi connectivity index (χ0v) is 10.8. The molecule has 0 aliphatic heterocycles. The summed E-state index contributed by atoms with van der Waals surface area (Å²) < 4.78 is 5.31. The van der Waals surface area contributed by atoms with Gasteiger partial charge in [0.15, 0.2) is 5.78 Å². The Balaban J connectivity index is 3.21. The van der Waals surface area contributed by atoms with Gasteiger partial charge in [-0.15, -0.1) is 0 Å². The monoisotopic (exact) mass is 226 g/mol. The van der Waals surface area contributed by atoms with Gasteiger partial charge in [0.05, 0.1) is 0 Å². The predicted octanol–water partition coefficient (Wildman–Crippen LogP) is 3.90. The van der Waals surface area contributed by atoms with Crippen LogP contribution in [0.25, 0.3) is 0 Å². The summed E-state index contributed by atoms with van der Waals surface area (Å²) in [6.07, 6.45) is 11.8. The van der Waals surface area contributed by atoms with E-state index in [4.69, 9.17) is 4.74 Å². The van der Waals surface area contributed by atoms with Gasteiger partial charge in [-0.2, -0.15) is 0 Å². The maximum absolute atomic E-state index is 11.2. The van der Waals surface area contributed by atoms with Gasteiger partial charge in [-0.3, -0.25) is 4.79 Å². The van der Waals surface area contributed by atoms with Crippen molar-refractivity contribution < 1.29 is 9.53 Å². The molecule has 2 heteroatoms. The zero-order chi connectivity index (χ0) is 12.1. The van der Waals surface area contributed by atoms with Crippen LogP contribution < -0.4 is 0 Å². The molecule has 16 heavy (non-hydrogen) atoms. The molecule has 0 N–H and O–H groups in total. The van der Waals surface area contributed by atoms with E-state index in [-0.39, 0.29) is 12.4 Å². The van der Waals surface area contributed by atoms with Gasteiger partial charge in [0.1, 0.15) is 6.61 Å². The van der Waals surface area contributed by atoms with Gasteiger partial charge >= 0.3 is 0 Å². The van der Waals surface area contributed by atoms with Gasteiger partial charge in [-0.1, -0.05) is 52.0 Å². The first-order valence-corrected chi connectivity index (χ1v) is 6.58. The average Bonchev–Trinajstić information content (AvgIpc) is 2.28. The van der Waals surface area contributed by atoms with Crippen LogP contribution in [0.5, 0.6) is 0 Å². The molecule has 0 radical (unpaired) electrons. The summed E-state index contributed by atoms with van der Waals surface area (Å²) >= 11 is 0. The van der Waals surface area contributed by atoms with Crippen molar-refractivity contribution in [1.29, 1.82) is 0 Å². The standard InChI is InChI=1S/C14H26O2/c1-3-5-7-8-10-12-16-13-14(15)11-9-6-4-2/h9,11H,3-8,10,12-13H2,1-2H3. The van der Waals surface area contributed by atoms with E-state index >= 15 is 0 Å². The second kappa shape index (κ2) is 12.4. The van der Waals surface area contributed by atoms with E-state index in [0.717, 1.165) is 25.9 Å². The summed E-state index contributed by atoms with van der Waals surface area (Å²) in [5.41, 5.74) is 0. The lowest BCUT2D eigenvalue weighted by atomic mass is 10.2. The summed E-state index contributed by atoms with van der Waals surface area (Å²) in [4.78, 5) is 11.2. The topological polar surface area (TPSA) is 26.3 Å². The van der Waals surface area contributed by atoms with Crippen molar-refractivity contribution in [3.63, 3.8) is 0 Å². The highest BCUT2D eigenvalue weighted by Gasteiger charge is 1.96. The smallest absolute Gasteiger partial charge is 0.180 e. The SMILES string of the molecule is CCCC=CC(=O)COCCCCCCC. The van der Waals surface area contributed by atoms with Crippen molar-refractivity contribution >= 4 is 5.78 Å². The maximum Gasteiger partial charge on any atom is 0.180 e. The third-order valence-corrected chi connectivity index (χ3v) is 2.40. The van der Waals surface area contributed by atoms with Crippen LogP contribution in [-0.4, -0.2) is 19.0 Å². The molecule has 0 aliphatic rings. The van der Waals surface area contributed by atoms with E-state index in [2.05, 4.69) is 13.8 Å². The largest absolute Gasteiger partial charge is 0.373 e. The van der Waals surface area contributed by atoms with Gasteiger partial charge in [0.2, 0.25) is 0 Å². The second-order valence-corrected chi connectivity index (χ2v) is 4.12. The van der Waals surface area contributed by atoms with Gasteiger partial charge in [-0.25, -0.2) is 0 Å². The van der Waals surface area contributed by atoms with Crippen molar-refractivity contribution in [3.05, 3.63) is 12.2 Å². The molecular weight excluding hydrogens is 200 g/mol. The van der Waals surface area contributed by atoms with Crippen molar-refractivity contribution in [2.24, 2.45) is 0 Å². The van der Waals surface area contributed by atoms with Gasteiger partial charge in [-0.05, 0) is 18.9 Å². The van der Waals surface area contributed by atoms with E-state index in [9.17, 15) is 4.79 Å². The molecule has 0 aromatic rings. The predicted molar refractivity (Wildman–Crippen MR) is 68.6 cm³/mol. The van der Waals surface area contributed by atoms with Crippen LogP contribution in [0, 0.1) is 0 Å². The summed E-state index contributed by atoms with van der Waals surface area (Å²) in [6.45, 7) is 5.27. The molecule has 0 aromatic heterocycles. The molecule has 0 heterocycles. The number of allylic oxidation sites excluding steroid dienone is 1. The number of ether oxygens (including phenoxy) is 1. The fourth-order valence-corrected chi connectivity index (χ4v) is 1.41. The first-order chi connectivity index (χ1) is 7.81. The summed E-state index contributed by atoms with van der Waals surface area (Å²) in [6, 6.07) is 0. The van der Waals surface area contributed by atoms with E-state index < -0.39 is 0 Å². The minimum atomic E-state index is 0.0852. The average molecular weight is 226 g/mol. The Morgan fingerprint density at radius 1 is 1.06 bits per heavy atom. The zero-order valence-electron chi connectivity index (χ0n) is 10.8. The quantitative estimate of drug-likeness (QED) is 0.394. The normalized spacial score (nSPS) is 11.1. The first-order valence-electron chi connectivity index (χ1n) is 6.58. The first kappa shape index (κ1) is 15.4. The van der Waals surface area contributed by atoms with Crippen LogP contribution in [0.1, 0.15) is 58.8 Å². The van der Waals surface area contributed by atoms with Crippen molar-refractivity contribution in [2.75, 3.05) is 13.2 Å². The van der Waals surface area contributed by atoms with Crippen molar-refractivity contribution in [3.8, 4) is 0 Å². The molecule has 94 valence electrons. The lowest BCUT2D eigenvalue weighted by Crippen LogP contribution is -2.06. The molecular formula is C14H26O2. The van der Waals surface area contributed by atoms with Crippen LogP contribution in [0.2, 0.25) is 0 Å². The Morgan fingerprint density at radius 3 is 2.50 bits per heavy atom. The Hall–Kier alpha value is -0.630. The lowest BCUT2D eigenvalue weighted by molar-refractivity contribution is -0.119. The van der Waals surface area contributed by atoms with Gasteiger partial charge < -0.3 is 4.74 Å². The summed E-state index contributed by atoms with van der Waals surface area (Å²) in [5, 5.41) is 0. The van der Waals surface area contributed by atoms with E-state index in [1.54, 1.807) is 6.08 Å². The van der Waals surface area contributed by atoms with Gasteiger partial charge in [0.25, 0.3) is 0 Å². The maximum atomic E-state index is 11.2. The Kier molecular flexibility index (Phi) is 11.9. The van der Waals surface area contributed by atoms with Crippen LogP contribution >= 0.6 is 0 Å². The molecule has 0 bridgehead atoms. The van der Waals surface area contributed by atoms with E-state index in [1.807, 2.05) is 6.08 Å². The fraction of sp³-hybridized carbons (Fsp3) is 0.786. The molecule has 0 rings (SSSR count). The molecule has 2 nitrogen and oxygen atoms in total. The van der Waals surface area contributed by atoms with E-state index in [1.165, 1.54) is 25.7 Å². The fourth-order valence-electron chi connectivity index (χ4n) is 1.41. The highest BCUT2D eigenvalue weighted by atomic mass is 16.5. The molecule has 0 spiro atoms. The van der Waals surface area contributed by atoms with Gasteiger partial charge in [0, 0.05) is 6.61 Å². The molecule has 0 aromatic carbocycles. The summed E-state index contributed by atoms with van der Waals surface area (Å²) in [7, 11) is 0. The molecule has 0 saturated heterocycles. The second-order valence-electron chi connectivity index (χ2n) is 4.12. The minimum absolute atomic E-state index is 0.0852.